The molecule has 1 aromatic rings. The molecule has 1 rings (SSSR count). The molecule has 0 aliphatic rings. The number of aryl methyl sites for hydroxylation is 1. The van der Waals surface area contributed by atoms with Crippen molar-refractivity contribution in [1.29, 1.82) is 0 Å². The van der Waals surface area contributed by atoms with Gasteiger partial charge in [0.2, 0.25) is 0 Å². The van der Waals surface area contributed by atoms with Gasteiger partial charge < -0.3 is 0 Å². The van der Waals surface area contributed by atoms with E-state index in [1.165, 1.54) is 6.92 Å². The summed E-state index contributed by atoms with van der Waals surface area (Å²) in [5.41, 5.74) is 0.112. The van der Waals surface area contributed by atoms with Crippen LogP contribution in [0.15, 0.2) is 12.1 Å². The van der Waals surface area contributed by atoms with E-state index in [9.17, 15) is 14.5 Å². The normalized spacial score (nSPS) is 9.64. The Labute approximate surface area is 62.6 Å². The lowest BCUT2D eigenvalue weighted by molar-refractivity contribution is -0.385. The molecular formula is C7H5FNO2. The number of rotatable bonds is 1. The standard InChI is InChI=1S/C7H5FNO2/c1-5-2-3-6(8)4-7(5)9(10)11/h3-4H,1H3. The summed E-state index contributed by atoms with van der Waals surface area (Å²) in [5, 5.41) is 10.2. The van der Waals surface area contributed by atoms with Crippen LogP contribution >= 0.6 is 0 Å². The lowest BCUT2D eigenvalue weighted by atomic mass is 10.2. The molecule has 11 heavy (non-hydrogen) atoms. The second kappa shape index (κ2) is 2.65. The molecule has 0 amide bonds. The maximum atomic E-state index is 12.4. The molecule has 0 heterocycles. The van der Waals surface area contributed by atoms with Gasteiger partial charge in [-0.25, -0.2) is 4.39 Å². The van der Waals surface area contributed by atoms with Gasteiger partial charge in [0.25, 0.3) is 5.69 Å². The number of nitro groups is 1. The van der Waals surface area contributed by atoms with Crippen LogP contribution in [0.1, 0.15) is 5.56 Å². The van der Waals surface area contributed by atoms with Gasteiger partial charge in [0.1, 0.15) is 5.82 Å². The highest BCUT2D eigenvalue weighted by molar-refractivity contribution is 5.38. The molecule has 0 bridgehead atoms. The van der Waals surface area contributed by atoms with Gasteiger partial charge in [0, 0.05) is 5.56 Å². The Hall–Kier alpha value is -1.45. The summed E-state index contributed by atoms with van der Waals surface area (Å²) >= 11 is 0. The summed E-state index contributed by atoms with van der Waals surface area (Å²) < 4.78 is 12.4. The molecule has 0 atom stereocenters. The Bertz CT molecular complexity index is 298. The van der Waals surface area contributed by atoms with Crippen LogP contribution in [0.25, 0.3) is 0 Å². The van der Waals surface area contributed by atoms with Crippen molar-refractivity contribution < 1.29 is 9.31 Å². The average molecular weight is 154 g/mol. The SMILES string of the molecule is Cc1[c]cc(F)cc1[N+](=O)[O-]. The zero-order valence-corrected chi connectivity index (χ0v) is 5.80. The first kappa shape index (κ1) is 7.65. The number of benzene rings is 1. The van der Waals surface area contributed by atoms with E-state index in [1.54, 1.807) is 0 Å². The molecule has 0 aliphatic carbocycles. The van der Waals surface area contributed by atoms with Crippen LogP contribution < -0.4 is 0 Å². The molecule has 0 spiro atoms. The van der Waals surface area contributed by atoms with Crippen molar-refractivity contribution in [3.05, 3.63) is 39.7 Å². The molecule has 0 aromatic heterocycles. The fourth-order valence-corrected chi connectivity index (χ4v) is 0.721. The van der Waals surface area contributed by atoms with Crippen LogP contribution in [-0.4, -0.2) is 4.92 Å². The van der Waals surface area contributed by atoms with Gasteiger partial charge in [-0.2, -0.15) is 0 Å². The number of nitro benzene ring substituents is 1. The van der Waals surface area contributed by atoms with Crippen LogP contribution in [0.5, 0.6) is 0 Å². The third-order valence-corrected chi connectivity index (χ3v) is 1.28. The fraction of sp³-hybridized carbons (Fsp3) is 0.143. The lowest BCUT2D eigenvalue weighted by Gasteiger charge is -1.94. The van der Waals surface area contributed by atoms with Crippen LogP contribution in [0.4, 0.5) is 10.1 Å². The number of nitrogens with zero attached hydrogens (tertiary/aromatic N) is 1. The van der Waals surface area contributed by atoms with Crippen molar-refractivity contribution in [2.75, 3.05) is 0 Å². The lowest BCUT2D eigenvalue weighted by Crippen LogP contribution is -1.92. The van der Waals surface area contributed by atoms with Crippen molar-refractivity contribution >= 4 is 5.69 Å². The van der Waals surface area contributed by atoms with Gasteiger partial charge in [-0.1, -0.05) is 0 Å². The molecule has 1 aromatic carbocycles. The minimum atomic E-state index is -0.637. The first-order valence-corrected chi connectivity index (χ1v) is 2.93. The third-order valence-electron chi connectivity index (χ3n) is 1.28. The summed E-state index contributed by atoms with van der Waals surface area (Å²) in [4.78, 5) is 9.56. The van der Waals surface area contributed by atoms with E-state index in [-0.39, 0.29) is 5.69 Å². The molecular weight excluding hydrogens is 149 g/mol. The van der Waals surface area contributed by atoms with E-state index in [2.05, 4.69) is 6.07 Å². The highest BCUT2D eigenvalue weighted by Crippen LogP contribution is 2.17. The van der Waals surface area contributed by atoms with Crippen molar-refractivity contribution in [3.8, 4) is 0 Å². The quantitative estimate of drug-likeness (QED) is 0.457. The molecule has 3 nitrogen and oxygen atoms in total. The predicted molar refractivity (Wildman–Crippen MR) is 36.6 cm³/mol. The highest BCUT2D eigenvalue weighted by Gasteiger charge is 2.10. The Morgan fingerprint density at radius 1 is 1.73 bits per heavy atom. The molecule has 0 fully saturated rings. The van der Waals surface area contributed by atoms with Crippen molar-refractivity contribution in [2.45, 2.75) is 6.92 Å². The van der Waals surface area contributed by atoms with Gasteiger partial charge >= 0.3 is 0 Å². The van der Waals surface area contributed by atoms with Crippen LogP contribution in [0.3, 0.4) is 0 Å². The molecule has 0 saturated heterocycles. The second-order valence-electron chi connectivity index (χ2n) is 2.09. The Morgan fingerprint density at radius 3 is 2.82 bits per heavy atom. The van der Waals surface area contributed by atoms with Crippen molar-refractivity contribution in [3.63, 3.8) is 0 Å². The number of hydrogen-bond acceptors (Lipinski definition) is 2. The Balaban J connectivity index is 3.23. The molecule has 4 heteroatoms. The Morgan fingerprint density at radius 2 is 2.36 bits per heavy atom. The second-order valence-corrected chi connectivity index (χ2v) is 2.09. The number of halogens is 1. The van der Waals surface area contributed by atoms with E-state index in [1.807, 2.05) is 0 Å². The van der Waals surface area contributed by atoms with Gasteiger partial charge in [0.15, 0.2) is 0 Å². The first-order chi connectivity index (χ1) is 5.11. The minimum absolute atomic E-state index is 0.231. The third kappa shape index (κ3) is 1.52. The minimum Gasteiger partial charge on any atom is -0.258 e. The molecule has 57 valence electrons. The van der Waals surface area contributed by atoms with E-state index in [0.29, 0.717) is 5.56 Å². The van der Waals surface area contributed by atoms with Crippen LogP contribution in [-0.2, 0) is 0 Å². The maximum Gasteiger partial charge on any atom is 0.275 e. The molecule has 0 aliphatic heterocycles. The Kier molecular flexibility index (Phi) is 1.85. The van der Waals surface area contributed by atoms with E-state index >= 15 is 0 Å². The van der Waals surface area contributed by atoms with Crippen molar-refractivity contribution in [2.24, 2.45) is 0 Å². The van der Waals surface area contributed by atoms with E-state index in [0.717, 1.165) is 12.1 Å². The topological polar surface area (TPSA) is 43.1 Å². The average Bonchev–Trinajstić information content (AvgIpc) is 1.94. The largest absolute Gasteiger partial charge is 0.275 e. The number of hydrogen-bond donors (Lipinski definition) is 0. The summed E-state index contributed by atoms with van der Waals surface area (Å²) in [6, 6.07) is 4.39. The fourth-order valence-electron chi connectivity index (χ4n) is 0.721. The summed E-state index contributed by atoms with van der Waals surface area (Å²) in [5.74, 6) is -0.637. The zero-order chi connectivity index (χ0) is 8.43. The zero-order valence-electron chi connectivity index (χ0n) is 5.80. The van der Waals surface area contributed by atoms with Crippen LogP contribution in [0, 0.1) is 28.9 Å². The summed E-state index contributed by atoms with van der Waals surface area (Å²) in [6.45, 7) is 1.51. The molecule has 1 radical (unpaired) electrons. The van der Waals surface area contributed by atoms with E-state index < -0.39 is 10.7 Å². The van der Waals surface area contributed by atoms with Gasteiger partial charge in [-0.05, 0) is 19.1 Å². The maximum absolute atomic E-state index is 12.4. The van der Waals surface area contributed by atoms with Crippen LogP contribution in [0.2, 0.25) is 0 Å². The highest BCUT2D eigenvalue weighted by atomic mass is 19.1. The molecule has 0 unspecified atom stereocenters. The predicted octanol–water partition coefficient (Wildman–Crippen LogP) is 1.84. The van der Waals surface area contributed by atoms with E-state index in [4.69, 9.17) is 0 Å². The summed E-state index contributed by atoms with van der Waals surface area (Å²) in [7, 11) is 0. The van der Waals surface area contributed by atoms with Gasteiger partial charge in [-0.3, -0.25) is 10.1 Å². The monoisotopic (exact) mass is 154 g/mol. The van der Waals surface area contributed by atoms with Gasteiger partial charge in [0.05, 0.1) is 11.0 Å². The molecule has 0 N–H and O–H groups in total. The summed E-state index contributed by atoms with van der Waals surface area (Å²) in [6.07, 6.45) is 0. The smallest absolute Gasteiger partial charge is 0.258 e. The van der Waals surface area contributed by atoms with Crippen molar-refractivity contribution in [1.82, 2.24) is 0 Å². The van der Waals surface area contributed by atoms with Gasteiger partial charge in [-0.15, -0.1) is 0 Å². The first-order valence-electron chi connectivity index (χ1n) is 2.93. The molecule has 0 saturated carbocycles.